The van der Waals surface area contributed by atoms with Gasteiger partial charge in [0, 0.05) is 6.54 Å². The molecule has 1 aliphatic heterocycles. The molecule has 0 saturated heterocycles. The van der Waals surface area contributed by atoms with Crippen molar-refractivity contribution >= 4 is 29.0 Å². The molecule has 21 heavy (non-hydrogen) atoms. The van der Waals surface area contributed by atoms with Gasteiger partial charge in [-0.3, -0.25) is 14.5 Å². The van der Waals surface area contributed by atoms with Gasteiger partial charge in [0.1, 0.15) is 5.03 Å². The van der Waals surface area contributed by atoms with Crippen molar-refractivity contribution in [1.29, 1.82) is 0 Å². The number of carbonyl (C=O) groups excluding carboxylic acids is 2. The highest BCUT2D eigenvalue weighted by Gasteiger charge is 2.37. The quantitative estimate of drug-likeness (QED) is 0.613. The van der Waals surface area contributed by atoms with Crippen molar-refractivity contribution in [3.8, 4) is 0 Å². The van der Waals surface area contributed by atoms with Crippen molar-refractivity contribution < 1.29 is 9.59 Å². The largest absolute Gasteiger partial charge is 0.274 e. The Morgan fingerprint density at radius 1 is 1.05 bits per heavy atom. The number of hydrogen-bond donors (Lipinski definition) is 0. The van der Waals surface area contributed by atoms with E-state index >= 15 is 0 Å². The zero-order valence-electron chi connectivity index (χ0n) is 12.7. The monoisotopic (exact) mass is 305 g/mol. The molecule has 1 aromatic rings. The van der Waals surface area contributed by atoms with Gasteiger partial charge >= 0.3 is 0 Å². The maximum atomic E-state index is 12.5. The maximum Gasteiger partial charge on any atom is 0.273 e. The third kappa shape index (κ3) is 3.03. The summed E-state index contributed by atoms with van der Waals surface area (Å²) < 4.78 is 0. The standard InChI is InChI=1S/C17H20ClNO2/c1-4-5-6-9-19-16(20)14(15(18)17(19)21)13-8-7-11(2)12(3)10-13/h7-8,10H,4-6,9H2,1-3H3. The van der Waals surface area contributed by atoms with E-state index in [0.29, 0.717) is 12.1 Å². The molecule has 0 aromatic heterocycles. The number of aryl methyl sites for hydroxylation is 2. The lowest BCUT2D eigenvalue weighted by Crippen LogP contribution is -2.32. The number of rotatable bonds is 5. The lowest BCUT2D eigenvalue weighted by molar-refractivity contribution is -0.136. The summed E-state index contributed by atoms with van der Waals surface area (Å²) in [7, 11) is 0. The second kappa shape index (κ2) is 6.44. The average molecular weight is 306 g/mol. The van der Waals surface area contributed by atoms with E-state index in [4.69, 9.17) is 11.6 Å². The molecule has 0 aliphatic carbocycles. The summed E-state index contributed by atoms with van der Waals surface area (Å²) >= 11 is 6.13. The van der Waals surface area contributed by atoms with Gasteiger partial charge in [-0.05, 0) is 37.0 Å². The van der Waals surface area contributed by atoms with Crippen molar-refractivity contribution in [3.05, 3.63) is 39.9 Å². The Kier molecular flexibility index (Phi) is 4.84. The molecule has 0 N–H and O–H groups in total. The normalized spacial score (nSPS) is 15.3. The van der Waals surface area contributed by atoms with Crippen LogP contribution in [0.4, 0.5) is 0 Å². The van der Waals surface area contributed by atoms with E-state index in [1.54, 1.807) is 0 Å². The number of benzene rings is 1. The smallest absolute Gasteiger partial charge is 0.273 e. The highest BCUT2D eigenvalue weighted by Crippen LogP contribution is 2.32. The van der Waals surface area contributed by atoms with Gasteiger partial charge in [0.2, 0.25) is 0 Å². The zero-order valence-corrected chi connectivity index (χ0v) is 13.5. The fourth-order valence-corrected chi connectivity index (χ4v) is 2.71. The molecule has 3 nitrogen and oxygen atoms in total. The van der Waals surface area contributed by atoms with Crippen molar-refractivity contribution in [2.45, 2.75) is 40.0 Å². The molecule has 1 aliphatic rings. The molecule has 1 aromatic carbocycles. The molecule has 2 rings (SSSR count). The first-order valence-electron chi connectivity index (χ1n) is 7.31. The Hall–Kier alpha value is -1.61. The topological polar surface area (TPSA) is 37.4 Å². The van der Waals surface area contributed by atoms with E-state index in [1.165, 1.54) is 4.90 Å². The highest BCUT2D eigenvalue weighted by molar-refractivity contribution is 6.55. The van der Waals surface area contributed by atoms with Crippen LogP contribution in [-0.2, 0) is 9.59 Å². The van der Waals surface area contributed by atoms with E-state index in [9.17, 15) is 9.59 Å². The lowest BCUT2D eigenvalue weighted by atomic mass is 10.0. The molecule has 0 spiro atoms. The molecular weight excluding hydrogens is 286 g/mol. The van der Waals surface area contributed by atoms with Crippen LogP contribution in [0, 0.1) is 13.8 Å². The Bertz CT molecular complexity index is 619. The number of hydrogen-bond acceptors (Lipinski definition) is 2. The van der Waals surface area contributed by atoms with Gasteiger partial charge in [-0.25, -0.2) is 0 Å². The maximum absolute atomic E-state index is 12.5. The average Bonchev–Trinajstić information content (AvgIpc) is 2.66. The van der Waals surface area contributed by atoms with E-state index in [-0.39, 0.29) is 16.8 Å². The van der Waals surface area contributed by atoms with Gasteiger partial charge in [-0.15, -0.1) is 0 Å². The first-order valence-corrected chi connectivity index (χ1v) is 7.68. The molecule has 0 atom stereocenters. The van der Waals surface area contributed by atoms with Crippen molar-refractivity contribution in [1.82, 2.24) is 4.90 Å². The minimum absolute atomic E-state index is 0.0414. The number of carbonyl (C=O) groups is 2. The number of amides is 2. The SMILES string of the molecule is CCCCCN1C(=O)C(Cl)=C(c2ccc(C)c(C)c2)C1=O. The molecule has 4 heteroatoms. The van der Waals surface area contributed by atoms with E-state index in [1.807, 2.05) is 32.0 Å². The summed E-state index contributed by atoms with van der Waals surface area (Å²) in [5.41, 5.74) is 3.28. The van der Waals surface area contributed by atoms with Crippen LogP contribution < -0.4 is 0 Å². The van der Waals surface area contributed by atoms with Crippen LogP contribution in [0.3, 0.4) is 0 Å². The van der Waals surface area contributed by atoms with E-state index < -0.39 is 0 Å². The van der Waals surface area contributed by atoms with Crippen LogP contribution in [0.5, 0.6) is 0 Å². The Morgan fingerprint density at radius 3 is 2.38 bits per heavy atom. The van der Waals surface area contributed by atoms with Gasteiger partial charge in [0.25, 0.3) is 11.8 Å². The molecule has 1 heterocycles. The fourth-order valence-electron chi connectivity index (χ4n) is 2.42. The summed E-state index contributed by atoms with van der Waals surface area (Å²) in [5.74, 6) is -0.643. The summed E-state index contributed by atoms with van der Waals surface area (Å²) in [6.07, 6.45) is 2.85. The van der Waals surface area contributed by atoms with Crippen molar-refractivity contribution in [2.75, 3.05) is 6.54 Å². The van der Waals surface area contributed by atoms with E-state index in [2.05, 4.69) is 6.92 Å². The van der Waals surface area contributed by atoms with Gasteiger partial charge in [0.05, 0.1) is 5.57 Å². The molecule has 2 amide bonds. The minimum Gasteiger partial charge on any atom is -0.274 e. The second-order valence-corrected chi connectivity index (χ2v) is 5.84. The van der Waals surface area contributed by atoms with Crippen LogP contribution in [0.1, 0.15) is 42.9 Å². The number of imide groups is 1. The van der Waals surface area contributed by atoms with Crippen LogP contribution in [0.2, 0.25) is 0 Å². The molecule has 112 valence electrons. The van der Waals surface area contributed by atoms with Gasteiger partial charge < -0.3 is 0 Å². The zero-order chi connectivity index (χ0) is 15.6. The predicted molar refractivity (Wildman–Crippen MR) is 84.9 cm³/mol. The number of unbranched alkanes of at least 4 members (excludes halogenated alkanes) is 2. The summed E-state index contributed by atoms with van der Waals surface area (Å²) in [4.78, 5) is 25.9. The van der Waals surface area contributed by atoms with Crippen molar-refractivity contribution in [3.63, 3.8) is 0 Å². The first kappa shape index (κ1) is 15.8. The Balaban J connectivity index is 2.29. The predicted octanol–water partition coefficient (Wildman–Crippen LogP) is 3.81. The van der Waals surface area contributed by atoms with Crippen LogP contribution >= 0.6 is 11.6 Å². The second-order valence-electron chi connectivity index (χ2n) is 5.46. The Morgan fingerprint density at radius 2 is 1.76 bits per heavy atom. The molecule has 0 saturated carbocycles. The summed E-state index contributed by atoms with van der Waals surface area (Å²) in [5, 5.41) is 0.0414. The molecule has 0 bridgehead atoms. The van der Waals surface area contributed by atoms with E-state index in [0.717, 1.165) is 36.0 Å². The number of nitrogens with zero attached hydrogens (tertiary/aromatic N) is 1. The van der Waals surface area contributed by atoms with Crippen LogP contribution in [0.15, 0.2) is 23.2 Å². The molecule has 0 radical (unpaired) electrons. The summed E-state index contributed by atoms with van der Waals surface area (Å²) in [6, 6.07) is 5.70. The molecule has 0 unspecified atom stereocenters. The first-order chi connectivity index (χ1) is 9.97. The molecular formula is C17H20ClNO2. The van der Waals surface area contributed by atoms with Gasteiger partial charge in [-0.2, -0.15) is 0 Å². The minimum atomic E-state index is -0.369. The third-order valence-electron chi connectivity index (χ3n) is 3.89. The van der Waals surface area contributed by atoms with Gasteiger partial charge in [-0.1, -0.05) is 49.6 Å². The lowest BCUT2D eigenvalue weighted by Gasteiger charge is -2.14. The Labute approximate surface area is 130 Å². The summed E-state index contributed by atoms with van der Waals surface area (Å²) in [6.45, 7) is 6.51. The fraction of sp³-hybridized carbons (Fsp3) is 0.412. The van der Waals surface area contributed by atoms with Crippen LogP contribution in [0.25, 0.3) is 5.57 Å². The number of halogens is 1. The highest BCUT2D eigenvalue weighted by atomic mass is 35.5. The molecule has 0 fully saturated rings. The van der Waals surface area contributed by atoms with Crippen molar-refractivity contribution in [2.24, 2.45) is 0 Å². The third-order valence-corrected chi connectivity index (χ3v) is 4.24. The van der Waals surface area contributed by atoms with Gasteiger partial charge in [0.15, 0.2) is 0 Å². The van der Waals surface area contributed by atoms with Crippen LogP contribution in [-0.4, -0.2) is 23.3 Å².